The van der Waals surface area contributed by atoms with Crippen LogP contribution >= 0.6 is 11.6 Å². The third-order valence-electron chi connectivity index (χ3n) is 4.20. The Bertz CT molecular complexity index is 501. The highest BCUT2D eigenvalue weighted by Crippen LogP contribution is 2.37. The van der Waals surface area contributed by atoms with Crippen molar-refractivity contribution in [1.82, 2.24) is 14.7 Å². The van der Waals surface area contributed by atoms with E-state index in [0.717, 1.165) is 45.6 Å². The summed E-state index contributed by atoms with van der Waals surface area (Å²) in [5.41, 5.74) is -0.110. The molecule has 110 valence electrons. The summed E-state index contributed by atoms with van der Waals surface area (Å²) in [4.78, 5) is 12.8. The van der Waals surface area contributed by atoms with Crippen LogP contribution in [0.3, 0.4) is 0 Å². The van der Waals surface area contributed by atoms with Gasteiger partial charge in [0.15, 0.2) is 0 Å². The molecule has 2 heterocycles. The summed E-state index contributed by atoms with van der Waals surface area (Å²) in [5, 5.41) is 15.0. The fourth-order valence-electron chi connectivity index (χ4n) is 3.15. The molecule has 8 heteroatoms. The molecule has 0 N–H and O–H groups in total. The van der Waals surface area contributed by atoms with Gasteiger partial charge in [0.05, 0.1) is 24.2 Å². The Morgan fingerprint density at radius 2 is 2.05 bits per heavy atom. The maximum absolute atomic E-state index is 10.8. The molecule has 2 aliphatic rings. The van der Waals surface area contributed by atoms with Crippen LogP contribution in [0.5, 0.6) is 0 Å². The van der Waals surface area contributed by atoms with E-state index in [0.29, 0.717) is 6.04 Å². The minimum atomic E-state index is -0.486. The average molecular weight is 301 g/mol. The van der Waals surface area contributed by atoms with Crippen molar-refractivity contribution < 1.29 is 9.66 Å². The van der Waals surface area contributed by atoms with Crippen LogP contribution in [-0.4, -0.2) is 51.9 Å². The van der Waals surface area contributed by atoms with E-state index < -0.39 is 4.92 Å². The number of hydrogen-bond acceptors (Lipinski definition) is 5. The maximum Gasteiger partial charge on any atom is 0.325 e. The van der Waals surface area contributed by atoms with Crippen LogP contribution in [0.25, 0.3) is 0 Å². The molecule has 0 amide bonds. The normalized spacial score (nSPS) is 27.9. The minimum absolute atomic E-state index is 0.110. The van der Waals surface area contributed by atoms with Crippen LogP contribution in [0.1, 0.15) is 25.3 Å². The quantitative estimate of drug-likeness (QED) is 0.629. The lowest BCUT2D eigenvalue weighted by Crippen LogP contribution is -2.42. The Kier molecular flexibility index (Phi) is 3.91. The SMILES string of the molecule is O=[N+]([O-])c1cnn([C@@H]2CC[C@H](N3CCOCC3)C2)c1Cl. The number of morpholine rings is 1. The summed E-state index contributed by atoms with van der Waals surface area (Å²) in [6.45, 7) is 3.50. The number of hydrogen-bond donors (Lipinski definition) is 0. The zero-order valence-corrected chi connectivity index (χ0v) is 11.8. The molecule has 1 aromatic rings. The van der Waals surface area contributed by atoms with Crippen molar-refractivity contribution in [3.05, 3.63) is 21.5 Å². The largest absolute Gasteiger partial charge is 0.379 e. The minimum Gasteiger partial charge on any atom is -0.379 e. The molecule has 0 radical (unpaired) electrons. The monoisotopic (exact) mass is 300 g/mol. The predicted octanol–water partition coefficient (Wildman–Crippen LogP) is 1.87. The van der Waals surface area contributed by atoms with Crippen molar-refractivity contribution in [3.8, 4) is 0 Å². The van der Waals surface area contributed by atoms with E-state index in [9.17, 15) is 10.1 Å². The summed E-state index contributed by atoms with van der Waals surface area (Å²) < 4.78 is 6.98. The molecule has 2 fully saturated rings. The smallest absolute Gasteiger partial charge is 0.325 e. The number of nitro groups is 1. The second kappa shape index (κ2) is 5.67. The average Bonchev–Trinajstić information content (AvgIpc) is 3.06. The van der Waals surface area contributed by atoms with Crippen molar-refractivity contribution in [2.75, 3.05) is 26.3 Å². The van der Waals surface area contributed by atoms with E-state index in [-0.39, 0.29) is 16.9 Å². The fourth-order valence-corrected chi connectivity index (χ4v) is 3.45. The highest BCUT2D eigenvalue weighted by molar-refractivity contribution is 6.31. The highest BCUT2D eigenvalue weighted by atomic mass is 35.5. The molecule has 2 atom stereocenters. The Morgan fingerprint density at radius 3 is 2.70 bits per heavy atom. The van der Waals surface area contributed by atoms with Crippen molar-refractivity contribution in [2.24, 2.45) is 0 Å². The first-order valence-corrected chi connectivity index (χ1v) is 7.24. The van der Waals surface area contributed by atoms with Crippen LogP contribution in [-0.2, 0) is 4.74 Å². The summed E-state index contributed by atoms with van der Waals surface area (Å²) >= 11 is 6.06. The van der Waals surface area contributed by atoms with Gasteiger partial charge >= 0.3 is 5.69 Å². The third kappa shape index (κ3) is 2.53. The van der Waals surface area contributed by atoms with Gasteiger partial charge in [-0.25, -0.2) is 4.68 Å². The molecule has 0 unspecified atom stereocenters. The molecular formula is C12H17ClN4O3. The molecule has 1 saturated carbocycles. The summed E-state index contributed by atoms with van der Waals surface area (Å²) in [6, 6.07) is 0.660. The van der Waals surface area contributed by atoms with E-state index in [2.05, 4.69) is 10.00 Å². The first-order chi connectivity index (χ1) is 9.66. The molecular weight excluding hydrogens is 284 g/mol. The number of nitrogens with zero attached hydrogens (tertiary/aromatic N) is 4. The van der Waals surface area contributed by atoms with Gasteiger partial charge < -0.3 is 4.74 Å². The molecule has 1 aliphatic heterocycles. The van der Waals surface area contributed by atoms with Crippen molar-refractivity contribution >= 4 is 17.3 Å². The Balaban J connectivity index is 1.69. The standard InChI is InChI=1S/C12H17ClN4O3/c13-12-11(17(18)19)8-14-16(12)10-2-1-9(7-10)15-3-5-20-6-4-15/h8-10H,1-7H2/t9-,10+/m0/s1. The van der Waals surface area contributed by atoms with Crippen molar-refractivity contribution in [3.63, 3.8) is 0 Å². The topological polar surface area (TPSA) is 73.4 Å². The Morgan fingerprint density at radius 1 is 1.35 bits per heavy atom. The van der Waals surface area contributed by atoms with Crippen LogP contribution in [0, 0.1) is 10.1 Å². The second-order valence-electron chi connectivity index (χ2n) is 5.29. The van der Waals surface area contributed by atoms with Crippen LogP contribution < -0.4 is 0 Å². The van der Waals surface area contributed by atoms with Gasteiger partial charge in [-0.2, -0.15) is 5.10 Å². The lowest BCUT2D eigenvalue weighted by Gasteiger charge is -2.32. The summed E-state index contributed by atoms with van der Waals surface area (Å²) in [6.07, 6.45) is 4.22. The zero-order chi connectivity index (χ0) is 14.1. The van der Waals surface area contributed by atoms with Crippen LogP contribution in [0.15, 0.2) is 6.20 Å². The van der Waals surface area contributed by atoms with Gasteiger partial charge in [0.25, 0.3) is 0 Å². The molecule has 7 nitrogen and oxygen atoms in total. The molecule has 0 bridgehead atoms. The number of ether oxygens (including phenoxy) is 1. The van der Waals surface area contributed by atoms with E-state index in [4.69, 9.17) is 16.3 Å². The van der Waals surface area contributed by atoms with Gasteiger partial charge in [0, 0.05) is 19.1 Å². The highest BCUT2D eigenvalue weighted by Gasteiger charge is 2.33. The first kappa shape index (κ1) is 13.8. The molecule has 0 aromatic carbocycles. The van der Waals surface area contributed by atoms with Gasteiger partial charge in [-0.1, -0.05) is 11.6 Å². The fraction of sp³-hybridized carbons (Fsp3) is 0.750. The van der Waals surface area contributed by atoms with E-state index >= 15 is 0 Å². The molecule has 1 aliphatic carbocycles. The molecule has 3 rings (SSSR count). The van der Waals surface area contributed by atoms with Gasteiger partial charge in [-0.3, -0.25) is 15.0 Å². The van der Waals surface area contributed by atoms with Gasteiger partial charge in [0.2, 0.25) is 5.15 Å². The van der Waals surface area contributed by atoms with Crippen molar-refractivity contribution in [1.29, 1.82) is 0 Å². The van der Waals surface area contributed by atoms with Crippen LogP contribution in [0.2, 0.25) is 5.15 Å². The molecule has 1 saturated heterocycles. The third-order valence-corrected chi connectivity index (χ3v) is 4.57. The number of aromatic nitrogens is 2. The molecule has 0 spiro atoms. The maximum atomic E-state index is 10.8. The van der Waals surface area contributed by atoms with Gasteiger partial charge in [0.1, 0.15) is 6.20 Å². The number of halogens is 1. The Labute approximate surface area is 121 Å². The predicted molar refractivity (Wildman–Crippen MR) is 73.0 cm³/mol. The zero-order valence-electron chi connectivity index (χ0n) is 11.1. The summed E-state index contributed by atoms with van der Waals surface area (Å²) in [5.74, 6) is 0. The molecule has 1 aromatic heterocycles. The second-order valence-corrected chi connectivity index (χ2v) is 5.65. The first-order valence-electron chi connectivity index (χ1n) is 6.86. The molecule has 20 heavy (non-hydrogen) atoms. The lowest BCUT2D eigenvalue weighted by atomic mass is 10.2. The van der Waals surface area contributed by atoms with Gasteiger partial charge in [-0.05, 0) is 19.3 Å². The van der Waals surface area contributed by atoms with E-state index in [1.807, 2.05) is 0 Å². The summed E-state index contributed by atoms with van der Waals surface area (Å²) in [7, 11) is 0. The van der Waals surface area contributed by atoms with Gasteiger partial charge in [-0.15, -0.1) is 0 Å². The Hall–Kier alpha value is -1.18. The van der Waals surface area contributed by atoms with E-state index in [1.54, 1.807) is 4.68 Å². The van der Waals surface area contributed by atoms with E-state index in [1.165, 1.54) is 6.20 Å². The lowest BCUT2D eigenvalue weighted by molar-refractivity contribution is -0.384. The number of rotatable bonds is 3. The van der Waals surface area contributed by atoms with Crippen molar-refractivity contribution in [2.45, 2.75) is 31.3 Å². The van der Waals surface area contributed by atoms with Crippen LogP contribution in [0.4, 0.5) is 5.69 Å².